The van der Waals surface area contributed by atoms with Crippen molar-refractivity contribution in [2.45, 2.75) is 30.2 Å². The number of hydrogen-bond acceptors (Lipinski definition) is 6. The predicted molar refractivity (Wildman–Crippen MR) is 91.8 cm³/mol. The van der Waals surface area contributed by atoms with E-state index in [1.165, 1.54) is 11.8 Å². The molecule has 1 aliphatic carbocycles. The Bertz CT molecular complexity index is 787. The summed E-state index contributed by atoms with van der Waals surface area (Å²) in [5.41, 5.74) is 1.41. The van der Waals surface area contributed by atoms with E-state index in [1.54, 1.807) is 12.1 Å². The number of anilines is 1. The fourth-order valence-electron chi connectivity index (χ4n) is 2.77. The standard InChI is InChI=1S/C15H17N3O3S2/c19-14(16-10-4-5-10)9-2-1-3-11(6-9)17-15-18-12-7-23(20,21)8-13(12)22-15/h1-3,6,10,12-13H,4-5,7-8H2,(H,16,19)(H,17,18). The summed E-state index contributed by atoms with van der Waals surface area (Å²) < 4.78 is 23.1. The highest BCUT2D eigenvalue weighted by molar-refractivity contribution is 8.15. The Hall–Kier alpha value is -1.54. The average Bonchev–Trinajstić information content (AvgIpc) is 3.15. The molecule has 1 amide bonds. The number of hydrogen-bond donors (Lipinski definition) is 2. The highest BCUT2D eigenvalue weighted by Crippen LogP contribution is 2.34. The molecule has 2 aliphatic heterocycles. The summed E-state index contributed by atoms with van der Waals surface area (Å²) in [4.78, 5) is 16.5. The number of amides is 1. The van der Waals surface area contributed by atoms with Gasteiger partial charge in [-0.15, -0.1) is 0 Å². The minimum Gasteiger partial charge on any atom is -0.349 e. The molecule has 2 unspecified atom stereocenters. The number of nitrogens with zero attached hydrogens (tertiary/aromatic N) is 1. The Morgan fingerprint density at radius 1 is 1.26 bits per heavy atom. The summed E-state index contributed by atoms with van der Waals surface area (Å²) >= 11 is 1.47. The molecule has 0 spiro atoms. The monoisotopic (exact) mass is 351 g/mol. The Balaban J connectivity index is 1.44. The van der Waals surface area contributed by atoms with Gasteiger partial charge in [-0.3, -0.25) is 9.79 Å². The highest BCUT2D eigenvalue weighted by Gasteiger charge is 2.42. The minimum absolute atomic E-state index is 0.0175. The molecule has 2 atom stereocenters. The van der Waals surface area contributed by atoms with Crippen molar-refractivity contribution in [1.82, 2.24) is 5.32 Å². The average molecular weight is 351 g/mol. The van der Waals surface area contributed by atoms with Crippen LogP contribution in [0.25, 0.3) is 0 Å². The van der Waals surface area contributed by atoms with Crippen molar-refractivity contribution >= 4 is 38.4 Å². The third-order valence-corrected chi connectivity index (χ3v) is 7.25. The molecule has 1 aromatic carbocycles. The van der Waals surface area contributed by atoms with Crippen LogP contribution in [0.4, 0.5) is 5.69 Å². The van der Waals surface area contributed by atoms with Gasteiger partial charge < -0.3 is 10.6 Å². The number of thioether (sulfide) groups is 1. The lowest BCUT2D eigenvalue weighted by atomic mass is 10.2. The van der Waals surface area contributed by atoms with E-state index in [0.29, 0.717) is 11.6 Å². The summed E-state index contributed by atoms with van der Waals surface area (Å²) in [6, 6.07) is 7.47. The fraction of sp³-hybridized carbons (Fsp3) is 0.467. The van der Waals surface area contributed by atoms with E-state index in [9.17, 15) is 13.2 Å². The van der Waals surface area contributed by atoms with Crippen LogP contribution in [0, 0.1) is 0 Å². The maximum absolute atomic E-state index is 12.1. The predicted octanol–water partition coefficient (Wildman–Crippen LogP) is 1.26. The topological polar surface area (TPSA) is 87.6 Å². The van der Waals surface area contributed by atoms with E-state index in [-0.39, 0.29) is 28.7 Å². The molecule has 3 aliphatic rings. The molecular formula is C15H17N3O3S2. The molecule has 1 aromatic rings. The van der Waals surface area contributed by atoms with Gasteiger partial charge in [0, 0.05) is 22.5 Å². The lowest BCUT2D eigenvalue weighted by molar-refractivity contribution is 0.0951. The number of rotatable bonds is 3. The van der Waals surface area contributed by atoms with Crippen LogP contribution in [0.3, 0.4) is 0 Å². The first-order valence-electron chi connectivity index (χ1n) is 7.61. The van der Waals surface area contributed by atoms with Crippen molar-refractivity contribution in [2.75, 3.05) is 16.8 Å². The van der Waals surface area contributed by atoms with Gasteiger partial charge >= 0.3 is 0 Å². The number of benzene rings is 1. The van der Waals surface area contributed by atoms with E-state index in [2.05, 4.69) is 15.6 Å². The third-order valence-electron chi connectivity index (χ3n) is 4.11. The van der Waals surface area contributed by atoms with Crippen molar-refractivity contribution in [3.05, 3.63) is 29.8 Å². The Morgan fingerprint density at radius 3 is 2.83 bits per heavy atom. The number of carbonyl (C=O) groups is 1. The van der Waals surface area contributed by atoms with E-state index in [4.69, 9.17) is 0 Å². The second-order valence-corrected chi connectivity index (χ2v) is 9.57. The van der Waals surface area contributed by atoms with Crippen LogP contribution in [-0.4, -0.2) is 48.3 Å². The van der Waals surface area contributed by atoms with Crippen LogP contribution in [0.5, 0.6) is 0 Å². The zero-order valence-corrected chi connectivity index (χ0v) is 14.0. The zero-order chi connectivity index (χ0) is 16.0. The molecule has 1 saturated carbocycles. The first-order chi connectivity index (χ1) is 11.0. The maximum Gasteiger partial charge on any atom is 0.251 e. The van der Waals surface area contributed by atoms with E-state index in [0.717, 1.165) is 23.7 Å². The molecule has 0 aromatic heterocycles. The second kappa shape index (κ2) is 5.52. The molecule has 2 fully saturated rings. The van der Waals surface area contributed by atoms with Gasteiger partial charge in [-0.2, -0.15) is 0 Å². The van der Waals surface area contributed by atoms with Gasteiger partial charge in [0.2, 0.25) is 0 Å². The molecule has 6 nitrogen and oxygen atoms in total. The van der Waals surface area contributed by atoms with Gasteiger partial charge in [0.1, 0.15) is 0 Å². The van der Waals surface area contributed by atoms with Crippen molar-refractivity contribution in [2.24, 2.45) is 4.99 Å². The number of sulfone groups is 1. The van der Waals surface area contributed by atoms with Crippen molar-refractivity contribution < 1.29 is 13.2 Å². The molecule has 2 heterocycles. The van der Waals surface area contributed by atoms with E-state index < -0.39 is 9.84 Å². The van der Waals surface area contributed by atoms with Gasteiger partial charge in [0.15, 0.2) is 15.0 Å². The normalized spacial score (nSPS) is 28.1. The van der Waals surface area contributed by atoms with Gasteiger partial charge in [-0.25, -0.2) is 8.42 Å². The summed E-state index contributed by atoms with van der Waals surface area (Å²) in [5.74, 6) is 0.278. The van der Waals surface area contributed by atoms with Crippen LogP contribution in [0.1, 0.15) is 23.2 Å². The van der Waals surface area contributed by atoms with Crippen LogP contribution in [-0.2, 0) is 9.84 Å². The summed E-state index contributed by atoms with van der Waals surface area (Å²) in [6.45, 7) is 0. The fourth-order valence-corrected chi connectivity index (χ4v) is 6.45. The van der Waals surface area contributed by atoms with E-state index >= 15 is 0 Å². The van der Waals surface area contributed by atoms with Gasteiger partial charge in [-0.1, -0.05) is 17.8 Å². The number of carbonyl (C=O) groups excluding carboxylic acids is 1. The van der Waals surface area contributed by atoms with Crippen molar-refractivity contribution in [3.63, 3.8) is 0 Å². The van der Waals surface area contributed by atoms with Gasteiger partial charge in [0.25, 0.3) is 5.91 Å². The molecule has 4 rings (SSSR count). The number of aliphatic imine (C=N–C) groups is 1. The SMILES string of the molecule is O=C(NC1CC1)c1cccc(NC2=NC3CS(=O)(=O)CC3S2)c1. The first kappa shape index (κ1) is 15.0. The zero-order valence-electron chi connectivity index (χ0n) is 12.4. The Morgan fingerprint density at radius 2 is 2.09 bits per heavy atom. The number of amidine groups is 1. The van der Waals surface area contributed by atoms with Crippen molar-refractivity contribution in [1.29, 1.82) is 0 Å². The van der Waals surface area contributed by atoms with Crippen LogP contribution in [0.2, 0.25) is 0 Å². The molecule has 122 valence electrons. The summed E-state index contributed by atoms with van der Waals surface area (Å²) in [7, 11) is -2.93. The molecule has 23 heavy (non-hydrogen) atoms. The number of fused-ring (bicyclic) bond motifs is 1. The summed E-state index contributed by atoms with van der Waals surface area (Å²) in [6.07, 6.45) is 2.12. The van der Waals surface area contributed by atoms with Crippen molar-refractivity contribution in [3.8, 4) is 0 Å². The quantitative estimate of drug-likeness (QED) is 0.856. The summed E-state index contributed by atoms with van der Waals surface area (Å²) in [5, 5.41) is 6.91. The lowest BCUT2D eigenvalue weighted by Gasteiger charge is -2.09. The molecule has 0 radical (unpaired) electrons. The third kappa shape index (κ3) is 3.37. The minimum atomic E-state index is -2.93. The lowest BCUT2D eigenvalue weighted by Crippen LogP contribution is -2.25. The maximum atomic E-state index is 12.1. The van der Waals surface area contributed by atoms with E-state index in [1.807, 2.05) is 12.1 Å². The Labute approximate surface area is 139 Å². The molecule has 1 saturated heterocycles. The highest BCUT2D eigenvalue weighted by atomic mass is 32.2. The molecule has 0 bridgehead atoms. The smallest absolute Gasteiger partial charge is 0.251 e. The first-order valence-corrected chi connectivity index (χ1v) is 10.3. The molecule has 2 N–H and O–H groups in total. The number of nitrogens with one attached hydrogen (secondary N) is 2. The Kier molecular flexibility index (Phi) is 3.60. The van der Waals surface area contributed by atoms with Gasteiger partial charge in [-0.05, 0) is 31.0 Å². The largest absolute Gasteiger partial charge is 0.349 e. The second-order valence-electron chi connectivity index (χ2n) is 6.19. The van der Waals surface area contributed by atoms with Crippen LogP contribution >= 0.6 is 11.8 Å². The van der Waals surface area contributed by atoms with Crippen LogP contribution < -0.4 is 10.6 Å². The molecular weight excluding hydrogens is 334 g/mol. The van der Waals surface area contributed by atoms with Crippen LogP contribution in [0.15, 0.2) is 29.3 Å². The van der Waals surface area contributed by atoms with Gasteiger partial charge in [0.05, 0.1) is 17.5 Å². The molecule has 8 heteroatoms.